The fraction of sp³-hybridized carbons (Fsp3) is 0.980. The Labute approximate surface area is 488 Å². The molecule has 0 N–H and O–H groups in total. The minimum atomic E-state index is -2.53. The van der Waals surface area contributed by atoms with Crippen LogP contribution in [0.4, 0.5) is 0 Å². The highest BCUT2D eigenvalue weighted by Crippen LogP contribution is 2.41. The second kappa shape index (κ2) is 28.5. The van der Waals surface area contributed by atoms with Crippen molar-refractivity contribution in [3.8, 4) is 0 Å². The van der Waals surface area contributed by atoms with Crippen LogP contribution in [0.15, 0.2) is 0 Å². The van der Waals surface area contributed by atoms with Gasteiger partial charge in [-0.05, 0) is 216 Å². The van der Waals surface area contributed by atoms with Crippen LogP contribution in [0, 0.1) is 0 Å². The summed E-state index contributed by atoms with van der Waals surface area (Å²) in [5, 5.41) is 0. The molecule has 2 fully saturated rings. The zero-order chi connectivity index (χ0) is 61.0. The van der Waals surface area contributed by atoms with Crippen molar-refractivity contribution in [2.75, 3.05) is 19.8 Å². The zero-order valence-electron chi connectivity index (χ0n) is 55.8. The van der Waals surface area contributed by atoms with Crippen molar-refractivity contribution < 1.29 is 72.4 Å². The Bertz CT molecular complexity index is 1800. The van der Waals surface area contributed by atoms with Crippen LogP contribution in [0.1, 0.15) is 0 Å². The Morgan fingerprint density at radius 2 is 0.679 bits per heavy atom. The molecule has 0 amide bonds. The molecule has 2 aliphatic rings. The van der Waals surface area contributed by atoms with Gasteiger partial charge in [-0.1, -0.05) is 0 Å². The molecule has 464 valence electrons. The van der Waals surface area contributed by atoms with Gasteiger partial charge in [0.1, 0.15) is 73.4 Å². The quantitative estimate of drug-likeness (QED) is 0.0451. The van der Waals surface area contributed by atoms with Gasteiger partial charge in [0.05, 0.1) is 25.9 Å². The summed E-state index contributed by atoms with van der Waals surface area (Å²) in [7, 11) is -25.7. The predicted octanol–water partition coefficient (Wildman–Crippen LogP) is 12.7. The first-order valence-electron chi connectivity index (χ1n) is 28.8. The van der Waals surface area contributed by atoms with Gasteiger partial charge in [0.25, 0.3) is 0 Å². The number of carbonyl (C=O) groups excluding carboxylic acids is 1. The third kappa shape index (κ3) is 30.7. The third-order valence-electron chi connectivity index (χ3n) is 10.9. The van der Waals surface area contributed by atoms with E-state index in [0.29, 0.717) is 6.61 Å². The molecule has 0 saturated carbocycles. The van der Waals surface area contributed by atoms with Crippen molar-refractivity contribution in [1.29, 1.82) is 0 Å². The van der Waals surface area contributed by atoms with Gasteiger partial charge in [0.15, 0.2) is 104 Å². The second-order valence-electron chi connectivity index (χ2n) is 32.3. The summed E-state index contributed by atoms with van der Waals surface area (Å²) in [6.45, 7) is 72.0. The highest BCUT2D eigenvalue weighted by molar-refractivity contribution is 6.73. The maximum atomic E-state index is 13.7. The lowest BCUT2D eigenvalue weighted by atomic mass is 9.96. The SMILES string of the molecule is C[Si](C)(C)OC[C@@H](O[Si](C)(C)C)C(O[C@H]1O[C@H](CO[Si](C)(C)C)[C@@H](OC2O[C@H](CO[Si](C)(C)C)[C@@H](O[Si](C)(C)C)[C@H](O[Si](C)(C)C)[C@H]2O[Si](C)(C)C)[C@H](O[Si](C)(C)C)[C@H]1O[Si](C)(C)C)[C@H](O[Si](C)(C)C)[C@H](C=O)O[Si](C)(C)C. The Morgan fingerprint density at radius 3 is 1.04 bits per heavy atom. The Balaban J connectivity index is 3.28. The maximum Gasteiger partial charge on any atom is 0.186 e. The van der Waals surface area contributed by atoms with E-state index in [0.717, 1.165) is 6.29 Å². The summed E-state index contributed by atoms with van der Waals surface area (Å²) in [4.78, 5) is 13.7. The van der Waals surface area contributed by atoms with E-state index in [2.05, 4.69) is 216 Å². The predicted molar refractivity (Wildman–Crippen MR) is 347 cm³/mol. The first kappa shape index (κ1) is 75.6. The minimum Gasteiger partial charge on any atom is -0.415 e. The Hall–Kier alpha value is 1.46. The number of carbonyl (C=O) groups is 1. The van der Waals surface area contributed by atoms with Gasteiger partial charge in [-0.25, -0.2) is 0 Å². The molecule has 0 spiro atoms. The van der Waals surface area contributed by atoms with E-state index < -0.39 is 177 Å². The molecule has 2 heterocycles. The lowest BCUT2D eigenvalue weighted by Gasteiger charge is -2.54. The topological polar surface area (TPSA) is 156 Å². The van der Waals surface area contributed by atoms with E-state index in [4.69, 9.17) is 67.6 Å². The first-order chi connectivity index (χ1) is 34.4. The lowest BCUT2D eigenvalue weighted by molar-refractivity contribution is -0.359. The molecule has 0 radical (unpaired) electrons. The molecule has 14 atom stereocenters. The van der Waals surface area contributed by atoms with Crippen LogP contribution < -0.4 is 0 Å². The molecule has 0 aromatic carbocycles. The molecule has 2 saturated heterocycles. The van der Waals surface area contributed by atoms with Gasteiger partial charge in [-0.15, -0.1) is 0 Å². The van der Waals surface area contributed by atoms with Crippen LogP contribution in [0.25, 0.3) is 0 Å². The fourth-order valence-corrected chi connectivity index (χ4v) is 19.3. The average Bonchev–Trinajstić information content (AvgIpc) is 3.15. The zero-order valence-corrected chi connectivity index (χ0v) is 66.8. The van der Waals surface area contributed by atoms with Crippen molar-refractivity contribution in [3.05, 3.63) is 0 Å². The molecule has 2 aliphatic heterocycles. The van der Waals surface area contributed by atoms with Crippen LogP contribution in [0.3, 0.4) is 0 Å². The summed E-state index contributed by atoms with van der Waals surface area (Å²) in [6, 6.07) is 0. The van der Waals surface area contributed by atoms with E-state index >= 15 is 0 Å². The van der Waals surface area contributed by atoms with Crippen molar-refractivity contribution >= 4 is 97.8 Å². The largest absolute Gasteiger partial charge is 0.415 e. The van der Waals surface area contributed by atoms with E-state index in [9.17, 15) is 4.79 Å². The van der Waals surface area contributed by atoms with E-state index in [-0.39, 0.29) is 13.2 Å². The molecule has 0 aromatic rings. The van der Waals surface area contributed by atoms with Gasteiger partial charge >= 0.3 is 0 Å². The van der Waals surface area contributed by atoms with Crippen LogP contribution in [0.5, 0.6) is 0 Å². The normalized spacial score (nSPS) is 27.9. The number of rotatable bonds is 33. The van der Waals surface area contributed by atoms with Crippen LogP contribution in [-0.2, 0) is 72.4 Å². The summed E-state index contributed by atoms with van der Waals surface area (Å²) in [5.74, 6) is 0. The average molecular weight is 1300 g/mol. The molecule has 0 aliphatic carbocycles. The standard InChI is InChI=1S/C51H120O16Si11/c1-68(2,3)53-35-39-42(58-51-49(67-78(31,32)33)47(65-76(25,26)27)45(63-74(19,20)21)40(57-51)36-54-69(4,5)6)46(64-75(22,23)24)48(66-77(28,29)30)50(56-39)59-43(41(61-72(13,14)15)37-55-70(7,8)9)44(62-73(16,17)18)38(34-52)60-71(10,11)12/h34,38-51H,35-37H2,1-33H3/t38-,39+,40+,41+,42+,43?,44+,45+,46-,47-,48+,49+,50+,51?/m0/s1. The monoisotopic (exact) mass is 1300 g/mol. The number of ether oxygens (including phenoxy) is 4. The van der Waals surface area contributed by atoms with E-state index in [1.807, 2.05) is 0 Å². The molecule has 0 bridgehead atoms. The van der Waals surface area contributed by atoms with E-state index in [1.165, 1.54) is 0 Å². The van der Waals surface area contributed by atoms with Gasteiger partial charge in [0.2, 0.25) is 0 Å². The van der Waals surface area contributed by atoms with Crippen molar-refractivity contribution in [3.63, 3.8) is 0 Å². The van der Waals surface area contributed by atoms with Gasteiger partial charge in [-0.3, -0.25) is 0 Å². The molecule has 2 unspecified atom stereocenters. The van der Waals surface area contributed by atoms with Gasteiger partial charge < -0.3 is 72.4 Å². The summed E-state index contributed by atoms with van der Waals surface area (Å²) in [5.41, 5.74) is 0. The summed E-state index contributed by atoms with van der Waals surface area (Å²) in [6.07, 6.45) is -10.4. The van der Waals surface area contributed by atoms with Crippen LogP contribution >= 0.6 is 0 Å². The van der Waals surface area contributed by atoms with Crippen molar-refractivity contribution in [1.82, 2.24) is 0 Å². The molecule has 78 heavy (non-hydrogen) atoms. The summed E-state index contributed by atoms with van der Waals surface area (Å²) < 4.78 is 109. The van der Waals surface area contributed by atoms with Crippen molar-refractivity contribution in [2.24, 2.45) is 0 Å². The first-order valence-corrected chi connectivity index (χ1v) is 66.3. The van der Waals surface area contributed by atoms with Gasteiger partial charge in [0, 0.05) is 0 Å². The number of hydrogen-bond acceptors (Lipinski definition) is 16. The highest BCUT2D eigenvalue weighted by atomic mass is 28.4. The van der Waals surface area contributed by atoms with E-state index in [1.54, 1.807) is 0 Å². The number of aldehydes is 1. The highest BCUT2D eigenvalue weighted by Gasteiger charge is 2.58. The molecule has 27 heteroatoms. The number of hydrogen-bond donors (Lipinski definition) is 0. The second-order valence-corrected chi connectivity index (χ2v) is 81.5. The maximum absolute atomic E-state index is 13.7. The molecule has 16 nitrogen and oxygen atoms in total. The molecule has 2 rings (SSSR count). The van der Waals surface area contributed by atoms with Crippen LogP contribution in [-0.4, -0.2) is 203 Å². The molecule has 0 aromatic heterocycles. The van der Waals surface area contributed by atoms with Crippen LogP contribution in [0.2, 0.25) is 216 Å². The smallest absolute Gasteiger partial charge is 0.186 e. The third-order valence-corrected chi connectivity index (χ3v) is 21.9. The lowest BCUT2D eigenvalue weighted by Crippen LogP contribution is -2.70. The Kier molecular flexibility index (Phi) is 27.6. The Morgan fingerprint density at radius 1 is 0.346 bits per heavy atom. The van der Waals surface area contributed by atoms with Crippen molar-refractivity contribution in [2.45, 2.75) is 302 Å². The minimum absolute atomic E-state index is 0.152. The van der Waals surface area contributed by atoms with Gasteiger partial charge in [-0.2, -0.15) is 0 Å². The molecular weight excluding hydrogens is 1180 g/mol. The molecular formula is C51H120O16Si11. The fourth-order valence-electron chi connectivity index (χ4n) is 8.75. The summed E-state index contributed by atoms with van der Waals surface area (Å²) >= 11 is 0.